The Kier molecular flexibility index (Phi) is 6.54. The number of carbonyl (C=O) groups excluding carboxylic acids is 2. The molecule has 3 N–H and O–H groups in total. The third kappa shape index (κ3) is 5.61. The Morgan fingerprint density at radius 2 is 1.72 bits per heavy atom. The SMILES string of the molecule is C=CCNC(=O)Nc1ccc(NC(=O)Cc2c(F)cccc2Cl)cc1. The van der Waals surface area contributed by atoms with Gasteiger partial charge in [-0.25, -0.2) is 9.18 Å². The molecular weight excluding hydrogens is 345 g/mol. The third-order valence-electron chi connectivity index (χ3n) is 3.23. The Bertz CT molecular complexity index is 758. The van der Waals surface area contributed by atoms with Crippen LogP contribution in [0.5, 0.6) is 0 Å². The van der Waals surface area contributed by atoms with Gasteiger partial charge < -0.3 is 16.0 Å². The van der Waals surface area contributed by atoms with Gasteiger partial charge in [-0.2, -0.15) is 0 Å². The van der Waals surface area contributed by atoms with Crippen molar-refractivity contribution >= 4 is 34.9 Å². The van der Waals surface area contributed by atoms with Crippen molar-refractivity contribution in [3.05, 3.63) is 71.5 Å². The average molecular weight is 362 g/mol. The summed E-state index contributed by atoms with van der Waals surface area (Å²) < 4.78 is 13.7. The van der Waals surface area contributed by atoms with Crippen molar-refractivity contribution in [3.8, 4) is 0 Å². The molecule has 2 rings (SSSR count). The minimum Gasteiger partial charge on any atom is -0.334 e. The van der Waals surface area contributed by atoms with Gasteiger partial charge in [-0.3, -0.25) is 4.79 Å². The van der Waals surface area contributed by atoms with Gasteiger partial charge in [0.2, 0.25) is 5.91 Å². The van der Waals surface area contributed by atoms with Crippen molar-refractivity contribution in [2.45, 2.75) is 6.42 Å². The quantitative estimate of drug-likeness (QED) is 0.681. The van der Waals surface area contributed by atoms with Gasteiger partial charge >= 0.3 is 6.03 Å². The van der Waals surface area contributed by atoms with Gasteiger partial charge in [-0.05, 0) is 36.4 Å². The lowest BCUT2D eigenvalue weighted by Gasteiger charge is -2.09. The predicted octanol–water partition coefficient (Wildman–Crippen LogP) is 3.97. The molecule has 3 amide bonds. The normalized spacial score (nSPS) is 10.0. The molecule has 25 heavy (non-hydrogen) atoms. The molecule has 0 atom stereocenters. The smallest absolute Gasteiger partial charge is 0.319 e. The van der Waals surface area contributed by atoms with Crippen LogP contribution in [0.3, 0.4) is 0 Å². The molecule has 5 nitrogen and oxygen atoms in total. The van der Waals surface area contributed by atoms with Crippen molar-refractivity contribution in [1.29, 1.82) is 0 Å². The maximum atomic E-state index is 13.7. The number of amides is 3. The molecule has 0 aliphatic carbocycles. The van der Waals surface area contributed by atoms with Crippen LogP contribution in [0.2, 0.25) is 5.02 Å². The van der Waals surface area contributed by atoms with Crippen LogP contribution in [0.25, 0.3) is 0 Å². The van der Waals surface area contributed by atoms with Crippen molar-refractivity contribution in [2.75, 3.05) is 17.2 Å². The molecule has 0 fully saturated rings. The third-order valence-corrected chi connectivity index (χ3v) is 3.59. The molecule has 0 saturated carbocycles. The maximum Gasteiger partial charge on any atom is 0.319 e. The lowest BCUT2D eigenvalue weighted by atomic mass is 10.1. The zero-order chi connectivity index (χ0) is 18.2. The van der Waals surface area contributed by atoms with E-state index in [1.807, 2.05) is 0 Å². The molecule has 7 heteroatoms. The van der Waals surface area contributed by atoms with E-state index in [4.69, 9.17) is 11.6 Å². The van der Waals surface area contributed by atoms with Gasteiger partial charge in [0.25, 0.3) is 0 Å². The minimum atomic E-state index is -0.521. The lowest BCUT2D eigenvalue weighted by molar-refractivity contribution is -0.115. The Balaban J connectivity index is 1.93. The van der Waals surface area contributed by atoms with Crippen LogP contribution >= 0.6 is 11.6 Å². The fraction of sp³-hybridized carbons (Fsp3) is 0.111. The second-order valence-electron chi connectivity index (χ2n) is 5.13. The summed E-state index contributed by atoms with van der Waals surface area (Å²) in [5, 5.41) is 8.08. The highest BCUT2D eigenvalue weighted by Gasteiger charge is 2.12. The number of urea groups is 1. The highest BCUT2D eigenvalue weighted by atomic mass is 35.5. The number of carbonyl (C=O) groups is 2. The fourth-order valence-electron chi connectivity index (χ4n) is 2.04. The van der Waals surface area contributed by atoms with Crippen LogP contribution in [-0.2, 0) is 11.2 Å². The van der Waals surface area contributed by atoms with Gasteiger partial charge in [0.05, 0.1) is 6.42 Å². The monoisotopic (exact) mass is 361 g/mol. The first kappa shape index (κ1) is 18.5. The largest absolute Gasteiger partial charge is 0.334 e. The second kappa shape index (κ2) is 8.84. The van der Waals surface area contributed by atoms with Gasteiger partial charge in [0.15, 0.2) is 0 Å². The van der Waals surface area contributed by atoms with E-state index in [2.05, 4.69) is 22.5 Å². The van der Waals surface area contributed by atoms with E-state index >= 15 is 0 Å². The number of hydrogen-bond donors (Lipinski definition) is 3. The first-order valence-electron chi connectivity index (χ1n) is 7.48. The summed E-state index contributed by atoms with van der Waals surface area (Å²) in [6, 6.07) is 10.4. The molecule has 0 aliphatic heterocycles. The molecule has 0 aromatic heterocycles. The first-order valence-corrected chi connectivity index (χ1v) is 7.86. The topological polar surface area (TPSA) is 70.2 Å². The van der Waals surface area contributed by atoms with Crippen LogP contribution in [0.4, 0.5) is 20.6 Å². The predicted molar refractivity (Wildman–Crippen MR) is 97.4 cm³/mol. The zero-order valence-corrected chi connectivity index (χ0v) is 14.1. The Labute approximate surface area is 149 Å². The molecule has 130 valence electrons. The van der Waals surface area contributed by atoms with E-state index < -0.39 is 11.7 Å². The number of anilines is 2. The van der Waals surface area contributed by atoms with Crippen LogP contribution in [0.15, 0.2) is 55.1 Å². The zero-order valence-electron chi connectivity index (χ0n) is 13.3. The van der Waals surface area contributed by atoms with Crippen molar-refractivity contribution in [2.24, 2.45) is 0 Å². The lowest BCUT2D eigenvalue weighted by Crippen LogP contribution is -2.28. The van der Waals surface area contributed by atoms with Crippen LogP contribution in [0.1, 0.15) is 5.56 Å². The molecule has 2 aromatic rings. The molecule has 2 aromatic carbocycles. The summed E-state index contributed by atoms with van der Waals surface area (Å²) >= 11 is 5.91. The van der Waals surface area contributed by atoms with Gasteiger partial charge in [0, 0.05) is 28.5 Å². The van der Waals surface area contributed by atoms with Gasteiger partial charge in [-0.15, -0.1) is 6.58 Å². The van der Waals surface area contributed by atoms with Crippen molar-refractivity contribution < 1.29 is 14.0 Å². The molecule has 0 saturated heterocycles. The van der Waals surface area contributed by atoms with Crippen LogP contribution in [-0.4, -0.2) is 18.5 Å². The minimum absolute atomic E-state index is 0.152. The van der Waals surface area contributed by atoms with Crippen LogP contribution in [0, 0.1) is 5.82 Å². The summed E-state index contributed by atoms with van der Waals surface area (Å²) in [4.78, 5) is 23.6. The van der Waals surface area contributed by atoms with Gasteiger partial charge in [-0.1, -0.05) is 23.7 Å². The molecule has 0 aliphatic rings. The fourth-order valence-corrected chi connectivity index (χ4v) is 2.27. The van der Waals surface area contributed by atoms with E-state index in [-0.39, 0.29) is 23.0 Å². The Morgan fingerprint density at radius 1 is 1.08 bits per heavy atom. The highest BCUT2D eigenvalue weighted by molar-refractivity contribution is 6.31. The molecule has 0 spiro atoms. The highest BCUT2D eigenvalue weighted by Crippen LogP contribution is 2.20. The number of hydrogen-bond acceptors (Lipinski definition) is 2. The standard InChI is InChI=1S/C18H17ClFN3O2/c1-2-10-21-18(25)23-13-8-6-12(7-9-13)22-17(24)11-14-15(19)4-3-5-16(14)20/h2-9H,1,10-11H2,(H,22,24)(H2,21,23,25). The Morgan fingerprint density at radius 3 is 2.32 bits per heavy atom. The van der Waals surface area contributed by atoms with E-state index in [0.29, 0.717) is 17.9 Å². The number of rotatable bonds is 6. The summed E-state index contributed by atoms with van der Waals surface area (Å²) in [7, 11) is 0. The number of benzene rings is 2. The van der Waals surface area contributed by atoms with Crippen LogP contribution < -0.4 is 16.0 Å². The average Bonchev–Trinajstić information content (AvgIpc) is 2.58. The van der Waals surface area contributed by atoms with Crippen molar-refractivity contribution in [3.63, 3.8) is 0 Å². The molecule has 0 radical (unpaired) electrons. The van der Waals surface area contributed by atoms with E-state index in [1.165, 1.54) is 18.2 Å². The summed E-state index contributed by atoms with van der Waals surface area (Å²) in [5.41, 5.74) is 1.24. The molecule has 0 unspecified atom stereocenters. The van der Waals surface area contributed by atoms with Crippen molar-refractivity contribution in [1.82, 2.24) is 5.32 Å². The van der Waals surface area contributed by atoms with E-state index in [9.17, 15) is 14.0 Å². The summed E-state index contributed by atoms with van der Waals surface area (Å²) in [6.45, 7) is 3.86. The van der Waals surface area contributed by atoms with E-state index in [1.54, 1.807) is 30.3 Å². The first-order chi connectivity index (χ1) is 12.0. The second-order valence-corrected chi connectivity index (χ2v) is 5.53. The number of nitrogens with one attached hydrogen (secondary N) is 3. The Hall–Kier alpha value is -2.86. The van der Waals surface area contributed by atoms with Gasteiger partial charge in [0.1, 0.15) is 5.82 Å². The van der Waals surface area contributed by atoms with E-state index in [0.717, 1.165) is 0 Å². The molecule has 0 bridgehead atoms. The summed E-state index contributed by atoms with van der Waals surface area (Å²) in [5.74, 6) is -0.913. The molecule has 0 heterocycles. The molecular formula is C18H17ClFN3O2. The number of halogens is 2. The maximum absolute atomic E-state index is 13.7. The summed E-state index contributed by atoms with van der Waals surface area (Å²) in [6.07, 6.45) is 1.40.